The number of rotatable bonds is 4. The lowest BCUT2D eigenvalue weighted by Crippen LogP contribution is -2.10. The second-order valence-corrected chi connectivity index (χ2v) is 4.07. The Morgan fingerprint density at radius 2 is 1.83 bits per heavy atom. The highest BCUT2D eigenvalue weighted by molar-refractivity contribution is 6.22. The summed E-state index contributed by atoms with van der Waals surface area (Å²) >= 11 is 0. The van der Waals surface area contributed by atoms with Crippen LogP contribution < -0.4 is 0 Å². The van der Waals surface area contributed by atoms with Crippen LogP contribution >= 0.6 is 0 Å². The number of methoxy groups -OCH3 is 1. The maximum Gasteiger partial charge on any atom is 0.354 e. The summed E-state index contributed by atoms with van der Waals surface area (Å²) in [6.07, 6.45) is 0. The molecule has 0 aliphatic rings. The zero-order valence-electron chi connectivity index (χ0n) is 11.3. The molecule has 0 bridgehead atoms. The first kappa shape index (κ1) is 14.0. The second-order valence-electron chi connectivity index (χ2n) is 4.07. The van der Waals surface area contributed by atoms with Crippen LogP contribution in [0, 0.1) is 0 Å². The van der Waals surface area contributed by atoms with E-state index in [1.54, 1.807) is 17.7 Å². The zero-order valence-corrected chi connectivity index (χ0v) is 11.3. The van der Waals surface area contributed by atoms with Crippen molar-refractivity contribution < 1.29 is 9.53 Å². The third kappa shape index (κ3) is 2.77. The largest absolute Gasteiger partial charge is 0.464 e. The first-order valence-electron chi connectivity index (χ1n) is 5.53. The summed E-state index contributed by atoms with van der Waals surface area (Å²) in [5.41, 5.74) is 3.57. The average Bonchev–Trinajstić information content (AvgIpc) is 2.68. The van der Waals surface area contributed by atoms with Crippen molar-refractivity contribution in [2.24, 2.45) is 12.0 Å². The van der Waals surface area contributed by atoms with E-state index in [1.807, 2.05) is 19.9 Å². The third-order valence-corrected chi connectivity index (χ3v) is 2.62. The van der Waals surface area contributed by atoms with Gasteiger partial charge >= 0.3 is 5.97 Å². The maximum absolute atomic E-state index is 11.5. The van der Waals surface area contributed by atoms with Gasteiger partial charge in [0, 0.05) is 29.7 Å². The van der Waals surface area contributed by atoms with Crippen LogP contribution in [0.25, 0.3) is 5.57 Å². The molecular formula is C14H18N2O2. The highest BCUT2D eigenvalue weighted by Gasteiger charge is 2.15. The van der Waals surface area contributed by atoms with Crippen molar-refractivity contribution in [3.8, 4) is 0 Å². The first-order chi connectivity index (χ1) is 8.38. The zero-order chi connectivity index (χ0) is 13.9. The van der Waals surface area contributed by atoms with Crippen molar-refractivity contribution in [3.05, 3.63) is 42.4 Å². The minimum absolute atomic E-state index is 0.369. The lowest BCUT2D eigenvalue weighted by molar-refractivity contribution is 0.0590. The SMILES string of the molecule is C=C(C)N=C(C)C(=C)c1ccc(C(=O)OC)n1C. The van der Waals surface area contributed by atoms with Crippen LogP contribution in [0.2, 0.25) is 0 Å². The van der Waals surface area contributed by atoms with Crippen molar-refractivity contribution in [3.63, 3.8) is 0 Å². The van der Waals surface area contributed by atoms with Gasteiger partial charge < -0.3 is 9.30 Å². The fourth-order valence-electron chi connectivity index (χ4n) is 1.66. The van der Waals surface area contributed by atoms with Gasteiger partial charge in [-0.3, -0.25) is 4.99 Å². The molecule has 0 unspecified atom stereocenters. The molecule has 4 nitrogen and oxygen atoms in total. The highest BCUT2D eigenvalue weighted by atomic mass is 16.5. The minimum Gasteiger partial charge on any atom is -0.464 e. The summed E-state index contributed by atoms with van der Waals surface area (Å²) in [5.74, 6) is -0.369. The molecule has 4 heteroatoms. The van der Waals surface area contributed by atoms with Crippen LogP contribution in [0.1, 0.15) is 30.0 Å². The highest BCUT2D eigenvalue weighted by Crippen LogP contribution is 2.18. The fourth-order valence-corrected chi connectivity index (χ4v) is 1.66. The summed E-state index contributed by atoms with van der Waals surface area (Å²) < 4.78 is 6.44. The Morgan fingerprint density at radius 1 is 1.28 bits per heavy atom. The number of nitrogens with zero attached hydrogens (tertiary/aromatic N) is 2. The Labute approximate surface area is 107 Å². The van der Waals surface area contributed by atoms with Crippen molar-refractivity contribution in [2.45, 2.75) is 13.8 Å². The number of esters is 1. The third-order valence-electron chi connectivity index (χ3n) is 2.62. The van der Waals surface area contributed by atoms with E-state index in [0.29, 0.717) is 5.69 Å². The van der Waals surface area contributed by atoms with Crippen LogP contribution in [-0.4, -0.2) is 23.4 Å². The number of allylic oxidation sites excluding steroid dienone is 2. The number of ether oxygens (including phenoxy) is 1. The van der Waals surface area contributed by atoms with E-state index in [4.69, 9.17) is 4.74 Å². The van der Waals surface area contributed by atoms with E-state index < -0.39 is 0 Å². The second kappa shape index (κ2) is 5.49. The Hall–Kier alpha value is -2.10. The van der Waals surface area contributed by atoms with Gasteiger partial charge in [-0.25, -0.2) is 4.79 Å². The van der Waals surface area contributed by atoms with Crippen LogP contribution in [0.5, 0.6) is 0 Å². The average molecular weight is 246 g/mol. The molecule has 0 radical (unpaired) electrons. The summed E-state index contributed by atoms with van der Waals surface area (Å²) in [7, 11) is 3.15. The quantitative estimate of drug-likeness (QED) is 0.605. The van der Waals surface area contributed by atoms with Gasteiger partial charge in [-0.2, -0.15) is 0 Å². The molecule has 18 heavy (non-hydrogen) atoms. The van der Waals surface area contributed by atoms with Crippen molar-refractivity contribution in [1.82, 2.24) is 4.57 Å². The molecule has 0 saturated heterocycles. The molecule has 0 aliphatic heterocycles. The molecule has 0 amide bonds. The molecule has 0 spiro atoms. The van der Waals surface area contributed by atoms with E-state index in [0.717, 1.165) is 22.7 Å². The van der Waals surface area contributed by atoms with Gasteiger partial charge in [-0.15, -0.1) is 0 Å². The van der Waals surface area contributed by atoms with Gasteiger partial charge in [0.15, 0.2) is 0 Å². The van der Waals surface area contributed by atoms with E-state index in [-0.39, 0.29) is 5.97 Å². The molecule has 1 heterocycles. The normalized spacial score (nSPS) is 11.2. The summed E-state index contributed by atoms with van der Waals surface area (Å²) in [5, 5.41) is 0. The van der Waals surface area contributed by atoms with Crippen molar-refractivity contribution in [1.29, 1.82) is 0 Å². The number of aliphatic imine (C=N–C) groups is 1. The molecule has 0 N–H and O–H groups in total. The standard InChI is InChI=1S/C14H18N2O2/c1-9(2)15-11(4)10(3)12-7-8-13(16(12)5)14(17)18-6/h7-8H,1,3H2,2,4-6H3. The Morgan fingerprint density at radius 3 is 2.33 bits per heavy atom. The Bertz CT molecular complexity index is 536. The number of carbonyl (C=O) groups is 1. The molecular weight excluding hydrogens is 228 g/mol. The molecule has 0 atom stereocenters. The Balaban J connectivity index is 3.13. The van der Waals surface area contributed by atoms with E-state index in [1.165, 1.54) is 7.11 Å². The number of aromatic nitrogens is 1. The predicted octanol–water partition coefficient (Wildman–Crippen LogP) is 2.82. The summed E-state index contributed by atoms with van der Waals surface area (Å²) in [6, 6.07) is 3.53. The van der Waals surface area contributed by atoms with Crippen molar-refractivity contribution >= 4 is 17.3 Å². The predicted molar refractivity (Wildman–Crippen MR) is 73.7 cm³/mol. The summed E-state index contributed by atoms with van der Waals surface area (Å²) in [4.78, 5) is 15.8. The number of hydrogen-bond acceptors (Lipinski definition) is 3. The topological polar surface area (TPSA) is 43.6 Å². The van der Waals surface area contributed by atoms with Gasteiger partial charge in [0.2, 0.25) is 0 Å². The first-order valence-corrected chi connectivity index (χ1v) is 5.53. The molecule has 0 aliphatic carbocycles. The summed E-state index contributed by atoms with van der Waals surface area (Å²) in [6.45, 7) is 11.4. The molecule has 96 valence electrons. The molecule has 0 saturated carbocycles. The lowest BCUT2D eigenvalue weighted by Gasteiger charge is -2.09. The van der Waals surface area contributed by atoms with E-state index >= 15 is 0 Å². The van der Waals surface area contributed by atoms with Gasteiger partial charge in [-0.1, -0.05) is 13.2 Å². The fraction of sp³-hybridized carbons (Fsp3) is 0.286. The molecule has 0 aromatic carbocycles. The van der Waals surface area contributed by atoms with Crippen LogP contribution in [-0.2, 0) is 11.8 Å². The van der Waals surface area contributed by atoms with Crippen LogP contribution in [0.4, 0.5) is 0 Å². The Kier molecular flexibility index (Phi) is 4.26. The van der Waals surface area contributed by atoms with Crippen molar-refractivity contribution in [2.75, 3.05) is 7.11 Å². The monoisotopic (exact) mass is 246 g/mol. The van der Waals surface area contributed by atoms with Gasteiger partial charge in [-0.05, 0) is 26.0 Å². The van der Waals surface area contributed by atoms with Gasteiger partial charge in [0.05, 0.1) is 7.11 Å². The van der Waals surface area contributed by atoms with Crippen LogP contribution in [0.3, 0.4) is 0 Å². The van der Waals surface area contributed by atoms with E-state index in [9.17, 15) is 4.79 Å². The number of carbonyl (C=O) groups excluding carboxylic acids is 1. The lowest BCUT2D eigenvalue weighted by atomic mass is 10.1. The molecule has 1 rings (SSSR count). The van der Waals surface area contributed by atoms with Crippen LogP contribution in [0.15, 0.2) is 36.0 Å². The minimum atomic E-state index is -0.369. The smallest absolute Gasteiger partial charge is 0.354 e. The molecule has 1 aromatic rings. The van der Waals surface area contributed by atoms with Gasteiger partial charge in [0.25, 0.3) is 0 Å². The number of hydrogen-bond donors (Lipinski definition) is 0. The molecule has 0 fully saturated rings. The maximum atomic E-state index is 11.5. The van der Waals surface area contributed by atoms with E-state index in [2.05, 4.69) is 18.2 Å². The van der Waals surface area contributed by atoms with Gasteiger partial charge in [0.1, 0.15) is 5.69 Å². The molecule has 1 aromatic heterocycles.